The summed E-state index contributed by atoms with van der Waals surface area (Å²) in [4.78, 5) is 0. The molecule has 0 spiro atoms. The lowest BCUT2D eigenvalue weighted by Gasteiger charge is -2.04. The molecule has 0 saturated heterocycles. The molecule has 84 valence electrons. The highest BCUT2D eigenvalue weighted by Gasteiger charge is 1.96. The van der Waals surface area contributed by atoms with E-state index in [1.54, 1.807) is 4.68 Å². The first kappa shape index (κ1) is 10.7. The third-order valence-electron chi connectivity index (χ3n) is 2.63. The van der Waals surface area contributed by atoms with Crippen molar-refractivity contribution in [2.75, 3.05) is 5.32 Å². The molecule has 0 atom stereocenters. The quantitative estimate of drug-likeness (QED) is 0.849. The van der Waals surface area contributed by atoms with E-state index in [0.29, 0.717) is 0 Å². The van der Waals surface area contributed by atoms with Crippen LogP contribution in [-0.4, -0.2) is 9.78 Å². The molecular weight excluding hydrogens is 198 g/mol. The van der Waals surface area contributed by atoms with Crippen LogP contribution in [0.2, 0.25) is 0 Å². The Morgan fingerprint density at radius 1 is 1.19 bits per heavy atom. The topological polar surface area (TPSA) is 29.9 Å². The summed E-state index contributed by atoms with van der Waals surface area (Å²) >= 11 is 0. The van der Waals surface area contributed by atoms with Gasteiger partial charge in [-0.3, -0.25) is 4.68 Å². The van der Waals surface area contributed by atoms with E-state index >= 15 is 0 Å². The summed E-state index contributed by atoms with van der Waals surface area (Å²) in [5, 5.41) is 7.45. The zero-order valence-corrected chi connectivity index (χ0v) is 9.77. The second-order valence-electron chi connectivity index (χ2n) is 3.93. The first-order valence-corrected chi connectivity index (χ1v) is 5.58. The highest BCUT2D eigenvalue weighted by atomic mass is 15.3. The summed E-state index contributed by atoms with van der Waals surface area (Å²) < 4.78 is 1.79. The molecule has 0 amide bonds. The van der Waals surface area contributed by atoms with Gasteiger partial charge in [-0.25, -0.2) is 0 Å². The van der Waals surface area contributed by atoms with Crippen molar-refractivity contribution in [2.45, 2.75) is 19.9 Å². The largest absolute Gasteiger partial charge is 0.378 e. The Bertz CT molecular complexity index is 442. The number of hydrogen-bond acceptors (Lipinski definition) is 2. The predicted octanol–water partition coefficient (Wildman–Crippen LogP) is 2.59. The first-order chi connectivity index (χ1) is 7.78. The lowest BCUT2D eigenvalue weighted by Crippen LogP contribution is -1.98. The summed E-state index contributed by atoms with van der Waals surface area (Å²) in [5.41, 5.74) is 3.73. The average molecular weight is 215 g/mol. The molecule has 0 aliphatic rings. The van der Waals surface area contributed by atoms with E-state index in [1.807, 2.05) is 19.4 Å². The fourth-order valence-electron chi connectivity index (χ4n) is 1.61. The highest BCUT2D eigenvalue weighted by molar-refractivity contribution is 5.39. The van der Waals surface area contributed by atoms with Gasteiger partial charge in [0.05, 0.1) is 11.9 Å². The third kappa shape index (κ3) is 2.63. The minimum Gasteiger partial charge on any atom is -0.378 e. The van der Waals surface area contributed by atoms with E-state index in [0.717, 1.165) is 18.7 Å². The van der Waals surface area contributed by atoms with Crippen LogP contribution in [0, 0.1) is 0 Å². The second kappa shape index (κ2) is 4.84. The Hall–Kier alpha value is -1.77. The van der Waals surface area contributed by atoms with E-state index in [-0.39, 0.29) is 0 Å². The van der Waals surface area contributed by atoms with Gasteiger partial charge in [0.15, 0.2) is 0 Å². The smallest absolute Gasteiger partial charge is 0.0729 e. The maximum Gasteiger partial charge on any atom is 0.0729 e. The SMILES string of the molecule is CCc1ccc(CNc2cnn(C)c2)cc1. The van der Waals surface area contributed by atoms with Crippen molar-refractivity contribution in [3.63, 3.8) is 0 Å². The Labute approximate surface area is 96.1 Å². The number of aromatic nitrogens is 2. The number of nitrogens with one attached hydrogen (secondary N) is 1. The van der Waals surface area contributed by atoms with Crippen LogP contribution >= 0.6 is 0 Å². The number of hydrogen-bond donors (Lipinski definition) is 1. The third-order valence-corrected chi connectivity index (χ3v) is 2.63. The Morgan fingerprint density at radius 3 is 2.44 bits per heavy atom. The number of benzene rings is 1. The maximum absolute atomic E-state index is 4.11. The van der Waals surface area contributed by atoms with Crippen LogP contribution in [0.1, 0.15) is 18.1 Å². The standard InChI is InChI=1S/C13H17N3/c1-3-11-4-6-12(7-5-11)8-14-13-9-15-16(2)10-13/h4-7,9-10,14H,3,8H2,1-2H3. The van der Waals surface area contributed by atoms with Crippen molar-refractivity contribution in [3.8, 4) is 0 Å². The molecule has 3 nitrogen and oxygen atoms in total. The molecular formula is C13H17N3. The minimum absolute atomic E-state index is 0.843. The van der Waals surface area contributed by atoms with Gasteiger partial charge >= 0.3 is 0 Å². The van der Waals surface area contributed by atoms with Crippen molar-refractivity contribution in [2.24, 2.45) is 7.05 Å². The molecule has 2 rings (SSSR count). The summed E-state index contributed by atoms with van der Waals surface area (Å²) in [7, 11) is 1.92. The molecule has 0 radical (unpaired) electrons. The molecule has 0 saturated carbocycles. The van der Waals surface area contributed by atoms with Crippen LogP contribution in [0.15, 0.2) is 36.7 Å². The lowest BCUT2D eigenvalue weighted by molar-refractivity contribution is 0.768. The van der Waals surface area contributed by atoms with Gasteiger partial charge in [-0.1, -0.05) is 31.2 Å². The van der Waals surface area contributed by atoms with Gasteiger partial charge in [-0.05, 0) is 17.5 Å². The van der Waals surface area contributed by atoms with Crippen molar-refractivity contribution in [1.82, 2.24) is 9.78 Å². The molecule has 0 fully saturated rings. The van der Waals surface area contributed by atoms with Crippen LogP contribution in [0.25, 0.3) is 0 Å². The van der Waals surface area contributed by atoms with Crippen LogP contribution in [0.5, 0.6) is 0 Å². The molecule has 0 aliphatic heterocycles. The van der Waals surface area contributed by atoms with Crippen LogP contribution in [0.3, 0.4) is 0 Å². The molecule has 0 bridgehead atoms. The normalized spacial score (nSPS) is 10.4. The van der Waals surface area contributed by atoms with E-state index < -0.39 is 0 Å². The Kier molecular flexibility index (Phi) is 3.25. The molecule has 3 heteroatoms. The van der Waals surface area contributed by atoms with Crippen LogP contribution in [-0.2, 0) is 20.0 Å². The maximum atomic E-state index is 4.11. The van der Waals surface area contributed by atoms with Gasteiger partial charge in [-0.15, -0.1) is 0 Å². The monoisotopic (exact) mass is 215 g/mol. The number of anilines is 1. The summed E-state index contributed by atoms with van der Waals surface area (Å²) in [6.07, 6.45) is 4.90. The fraction of sp³-hybridized carbons (Fsp3) is 0.308. The van der Waals surface area contributed by atoms with Gasteiger partial charge in [-0.2, -0.15) is 5.10 Å². The van der Waals surface area contributed by atoms with Crippen LogP contribution in [0.4, 0.5) is 5.69 Å². The van der Waals surface area contributed by atoms with Gasteiger partial charge in [0.2, 0.25) is 0 Å². The zero-order chi connectivity index (χ0) is 11.4. The minimum atomic E-state index is 0.843. The molecule has 0 unspecified atom stereocenters. The van der Waals surface area contributed by atoms with E-state index in [2.05, 4.69) is 41.6 Å². The summed E-state index contributed by atoms with van der Waals surface area (Å²) in [6, 6.07) is 8.70. The van der Waals surface area contributed by atoms with Crippen molar-refractivity contribution < 1.29 is 0 Å². The van der Waals surface area contributed by atoms with Crippen molar-refractivity contribution >= 4 is 5.69 Å². The van der Waals surface area contributed by atoms with E-state index in [4.69, 9.17) is 0 Å². The first-order valence-electron chi connectivity index (χ1n) is 5.58. The number of rotatable bonds is 4. The van der Waals surface area contributed by atoms with Gasteiger partial charge in [0.1, 0.15) is 0 Å². The zero-order valence-electron chi connectivity index (χ0n) is 9.77. The second-order valence-corrected chi connectivity index (χ2v) is 3.93. The van der Waals surface area contributed by atoms with Crippen LogP contribution < -0.4 is 5.32 Å². The average Bonchev–Trinajstić information content (AvgIpc) is 2.73. The molecule has 0 aliphatic carbocycles. The van der Waals surface area contributed by atoms with Gasteiger partial charge < -0.3 is 5.32 Å². The number of aryl methyl sites for hydroxylation is 2. The summed E-state index contributed by atoms with van der Waals surface area (Å²) in [5.74, 6) is 0. The predicted molar refractivity (Wildman–Crippen MR) is 66.4 cm³/mol. The fourth-order valence-corrected chi connectivity index (χ4v) is 1.61. The van der Waals surface area contributed by atoms with Crippen molar-refractivity contribution in [1.29, 1.82) is 0 Å². The Balaban J connectivity index is 1.94. The summed E-state index contributed by atoms with van der Waals surface area (Å²) in [6.45, 7) is 3.01. The Morgan fingerprint density at radius 2 is 1.88 bits per heavy atom. The highest BCUT2D eigenvalue weighted by Crippen LogP contribution is 2.09. The van der Waals surface area contributed by atoms with E-state index in [9.17, 15) is 0 Å². The van der Waals surface area contributed by atoms with Crippen molar-refractivity contribution in [3.05, 3.63) is 47.8 Å². The number of nitrogens with zero attached hydrogens (tertiary/aromatic N) is 2. The lowest BCUT2D eigenvalue weighted by atomic mass is 10.1. The van der Waals surface area contributed by atoms with E-state index in [1.165, 1.54) is 11.1 Å². The molecule has 1 N–H and O–H groups in total. The molecule has 1 aromatic carbocycles. The molecule has 1 heterocycles. The van der Waals surface area contributed by atoms with Gasteiger partial charge in [0, 0.05) is 19.8 Å². The molecule has 1 aromatic heterocycles. The molecule has 16 heavy (non-hydrogen) atoms. The molecule has 2 aromatic rings. The van der Waals surface area contributed by atoms with Gasteiger partial charge in [0.25, 0.3) is 0 Å².